The molecule has 0 bridgehead atoms. The zero-order valence-electron chi connectivity index (χ0n) is 10.7. The highest BCUT2D eigenvalue weighted by molar-refractivity contribution is 9.10. The van der Waals surface area contributed by atoms with Crippen molar-refractivity contribution in [3.05, 3.63) is 33.8 Å². The highest BCUT2D eigenvalue weighted by Gasteiger charge is 2.07. The van der Waals surface area contributed by atoms with E-state index in [2.05, 4.69) is 26.0 Å². The molecule has 1 aromatic rings. The summed E-state index contributed by atoms with van der Waals surface area (Å²) in [6.45, 7) is 2.42. The van der Waals surface area contributed by atoms with Gasteiger partial charge in [-0.15, -0.1) is 0 Å². The molecule has 0 heterocycles. The molecule has 5 heteroatoms. The molecule has 1 aromatic carbocycles. The quantitative estimate of drug-likeness (QED) is 0.620. The first kappa shape index (κ1) is 15.1. The largest absolute Gasteiger partial charge is 0.465 e. The monoisotopic (exact) mass is 315 g/mol. The second kappa shape index (κ2) is 8.24. The van der Waals surface area contributed by atoms with Crippen molar-refractivity contribution in [1.29, 1.82) is 0 Å². The van der Waals surface area contributed by atoms with Gasteiger partial charge in [-0.2, -0.15) is 0 Å². The normalized spacial score (nSPS) is 10.4. The van der Waals surface area contributed by atoms with Gasteiger partial charge in [-0.3, -0.25) is 0 Å². The van der Waals surface area contributed by atoms with E-state index >= 15 is 0 Å². The van der Waals surface area contributed by atoms with Crippen LogP contribution in [0, 0.1) is 0 Å². The average Bonchev–Trinajstić information content (AvgIpc) is 2.39. The third-order valence-corrected chi connectivity index (χ3v) is 3.23. The van der Waals surface area contributed by atoms with Crippen molar-refractivity contribution < 1.29 is 14.3 Å². The third-order valence-electron chi connectivity index (χ3n) is 2.49. The number of hydrogen-bond donors (Lipinski definition) is 1. The lowest BCUT2D eigenvalue weighted by atomic mass is 10.1. The van der Waals surface area contributed by atoms with E-state index in [1.807, 2.05) is 6.07 Å². The molecule has 4 nitrogen and oxygen atoms in total. The van der Waals surface area contributed by atoms with Crippen molar-refractivity contribution >= 4 is 21.9 Å². The minimum absolute atomic E-state index is 0.324. The van der Waals surface area contributed by atoms with E-state index in [0.29, 0.717) is 5.56 Å². The van der Waals surface area contributed by atoms with Crippen LogP contribution >= 0.6 is 15.9 Å². The predicted octanol–water partition coefficient (Wildman–Crippen LogP) is 2.36. The van der Waals surface area contributed by atoms with Gasteiger partial charge in [0.2, 0.25) is 0 Å². The van der Waals surface area contributed by atoms with Gasteiger partial charge in [0.15, 0.2) is 0 Å². The predicted molar refractivity (Wildman–Crippen MR) is 73.7 cm³/mol. The topological polar surface area (TPSA) is 47.6 Å². The summed E-state index contributed by atoms with van der Waals surface area (Å²) in [6, 6.07) is 5.46. The number of methoxy groups -OCH3 is 2. The number of halogens is 1. The van der Waals surface area contributed by atoms with E-state index in [4.69, 9.17) is 4.74 Å². The van der Waals surface area contributed by atoms with Crippen LogP contribution in [0.25, 0.3) is 0 Å². The van der Waals surface area contributed by atoms with Crippen LogP contribution in [0.15, 0.2) is 22.7 Å². The summed E-state index contributed by atoms with van der Waals surface area (Å²) in [7, 11) is 3.07. The summed E-state index contributed by atoms with van der Waals surface area (Å²) in [4.78, 5) is 11.3. The Labute approximate surface area is 116 Å². The molecule has 0 saturated heterocycles. The van der Waals surface area contributed by atoms with Crippen molar-refractivity contribution in [2.75, 3.05) is 27.4 Å². The molecule has 0 aliphatic rings. The maximum Gasteiger partial charge on any atom is 0.337 e. The summed E-state index contributed by atoms with van der Waals surface area (Å²) in [6.07, 6.45) is 0.981. The van der Waals surface area contributed by atoms with Gasteiger partial charge < -0.3 is 14.8 Å². The number of esters is 1. The molecule has 0 aliphatic heterocycles. The molecule has 0 unspecified atom stereocenters. The summed E-state index contributed by atoms with van der Waals surface area (Å²) in [5.41, 5.74) is 1.66. The fraction of sp³-hybridized carbons (Fsp3) is 0.462. The van der Waals surface area contributed by atoms with E-state index < -0.39 is 0 Å². The molecule has 18 heavy (non-hydrogen) atoms. The van der Waals surface area contributed by atoms with Crippen LogP contribution in [0.2, 0.25) is 0 Å². The molecule has 100 valence electrons. The summed E-state index contributed by atoms with van der Waals surface area (Å²) in [5, 5.41) is 3.31. The van der Waals surface area contributed by atoms with Crippen LogP contribution in [0.3, 0.4) is 0 Å². The van der Waals surface area contributed by atoms with Crippen molar-refractivity contribution in [1.82, 2.24) is 5.32 Å². The van der Waals surface area contributed by atoms with Crippen LogP contribution in [-0.4, -0.2) is 33.3 Å². The van der Waals surface area contributed by atoms with Crippen LogP contribution in [0.1, 0.15) is 22.3 Å². The number of hydrogen-bond acceptors (Lipinski definition) is 4. The molecule has 1 rings (SSSR count). The van der Waals surface area contributed by atoms with Crippen LogP contribution in [0.4, 0.5) is 0 Å². The number of nitrogens with one attached hydrogen (secondary N) is 1. The maximum atomic E-state index is 11.3. The Morgan fingerprint density at radius 2 is 2.17 bits per heavy atom. The molecule has 0 atom stereocenters. The molecule has 0 radical (unpaired) electrons. The first-order chi connectivity index (χ1) is 8.69. The molecular formula is C13H18BrNO3. The Bertz CT molecular complexity index is 396. The highest BCUT2D eigenvalue weighted by Crippen LogP contribution is 2.19. The average molecular weight is 316 g/mol. The second-order valence-electron chi connectivity index (χ2n) is 3.82. The lowest BCUT2D eigenvalue weighted by Gasteiger charge is -2.08. The summed E-state index contributed by atoms with van der Waals surface area (Å²) >= 11 is 3.46. The van der Waals surface area contributed by atoms with Crippen molar-refractivity contribution in [2.45, 2.75) is 13.0 Å². The number of benzene rings is 1. The zero-order chi connectivity index (χ0) is 13.4. The summed E-state index contributed by atoms with van der Waals surface area (Å²) in [5.74, 6) is -0.324. The van der Waals surface area contributed by atoms with E-state index in [-0.39, 0.29) is 5.97 Å². The molecule has 1 N–H and O–H groups in total. The van der Waals surface area contributed by atoms with Gasteiger partial charge in [-0.1, -0.05) is 22.0 Å². The van der Waals surface area contributed by atoms with E-state index in [0.717, 1.165) is 36.2 Å². The lowest BCUT2D eigenvalue weighted by Crippen LogP contribution is -2.16. The Hall–Kier alpha value is -0.910. The number of carbonyl (C=O) groups excluding carboxylic acids is 1. The number of ether oxygens (including phenoxy) is 2. The number of rotatable bonds is 7. The van der Waals surface area contributed by atoms with Crippen LogP contribution < -0.4 is 5.32 Å². The van der Waals surface area contributed by atoms with Gasteiger partial charge in [0.1, 0.15) is 0 Å². The SMILES string of the molecule is COCCCNCc1ccc(C(=O)OC)cc1Br. The van der Waals surface area contributed by atoms with Crippen molar-refractivity contribution in [2.24, 2.45) is 0 Å². The van der Waals surface area contributed by atoms with Crippen LogP contribution in [0.5, 0.6) is 0 Å². The smallest absolute Gasteiger partial charge is 0.337 e. The fourth-order valence-electron chi connectivity index (χ4n) is 1.50. The van der Waals surface area contributed by atoms with E-state index in [1.165, 1.54) is 7.11 Å². The zero-order valence-corrected chi connectivity index (χ0v) is 12.2. The Balaban J connectivity index is 2.49. The van der Waals surface area contributed by atoms with Crippen molar-refractivity contribution in [3.8, 4) is 0 Å². The molecular weight excluding hydrogens is 298 g/mol. The summed E-state index contributed by atoms with van der Waals surface area (Å²) < 4.78 is 10.5. The standard InChI is InChI=1S/C13H18BrNO3/c1-17-7-3-6-15-9-11-5-4-10(8-12(11)14)13(16)18-2/h4-5,8,15H,3,6-7,9H2,1-2H3. The minimum Gasteiger partial charge on any atom is -0.465 e. The molecule has 0 saturated carbocycles. The lowest BCUT2D eigenvalue weighted by molar-refractivity contribution is 0.0600. The van der Waals surface area contributed by atoms with Gasteiger partial charge in [0.05, 0.1) is 12.7 Å². The van der Waals surface area contributed by atoms with Gasteiger partial charge >= 0.3 is 5.97 Å². The molecule has 0 aromatic heterocycles. The van der Waals surface area contributed by atoms with E-state index in [9.17, 15) is 4.79 Å². The first-order valence-electron chi connectivity index (χ1n) is 5.75. The van der Waals surface area contributed by atoms with Gasteiger partial charge in [0, 0.05) is 24.7 Å². The van der Waals surface area contributed by atoms with E-state index in [1.54, 1.807) is 19.2 Å². The van der Waals surface area contributed by atoms with Crippen molar-refractivity contribution in [3.63, 3.8) is 0 Å². The Morgan fingerprint density at radius 3 is 2.78 bits per heavy atom. The Morgan fingerprint density at radius 1 is 1.39 bits per heavy atom. The van der Waals surface area contributed by atoms with Gasteiger partial charge in [-0.25, -0.2) is 4.79 Å². The minimum atomic E-state index is -0.324. The fourth-order valence-corrected chi connectivity index (χ4v) is 2.02. The molecule has 0 aliphatic carbocycles. The molecule has 0 spiro atoms. The van der Waals surface area contributed by atoms with Crippen LogP contribution in [-0.2, 0) is 16.0 Å². The van der Waals surface area contributed by atoms with Gasteiger partial charge in [0.25, 0.3) is 0 Å². The molecule has 0 fully saturated rings. The molecule has 0 amide bonds. The third kappa shape index (κ3) is 4.76. The second-order valence-corrected chi connectivity index (χ2v) is 4.68. The van der Waals surface area contributed by atoms with Gasteiger partial charge in [-0.05, 0) is 30.7 Å². The Kier molecular flexibility index (Phi) is 6.93. The number of carbonyl (C=O) groups is 1. The maximum absolute atomic E-state index is 11.3. The first-order valence-corrected chi connectivity index (χ1v) is 6.54. The highest BCUT2D eigenvalue weighted by atomic mass is 79.9.